The quantitative estimate of drug-likeness (QED) is 0.882. The molecular formula is C14H17NO2. The van der Waals surface area contributed by atoms with Gasteiger partial charge in [-0.05, 0) is 43.5 Å². The van der Waals surface area contributed by atoms with Crippen molar-refractivity contribution in [3.05, 3.63) is 35.0 Å². The first-order valence-electron chi connectivity index (χ1n) is 5.77. The van der Waals surface area contributed by atoms with Crippen LogP contribution in [-0.2, 0) is 18.3 Å². The van der Waals surface area contributed by atoms with Crippen LogP contribution < -0.4 is 0 Å². The van der Waals surface area contributed by atoms with Gasteiger partial charge in [-0.15, -0.1) is 0 Å². The van der Waals surface area contributed by atoms with Crippen molar-refractivity contribution < 1.29 is 9.90 Å². The molecule has 0 radical (unpaired) electrons. The Morgan fingerprint density at radius 2 is 2.06 bits per heavy atom. The van der Waals surface area contributed by atoms with E-state index in [0.717, 1.165) is 5.56 Å². The van der Waals surface area contributed by atoms with Gasteiger partial charge in [-0.2, -0.15) is 0 Å². The summed E-state index contributed by atoms with van der Waals surface area (Å²) in [6, 6.07) is 6.21. The minimum absolute atomic E-state index is 0.191. The molecule has 90 valence electrons. The molecular weight excluding hydrogens is 214 g/mol. The molecule has 0 aliphatic rings. The SMILES string of the molecule is Cc1c(C)n(C)c2ccc(CCC(=O)O)cc12. The summed E-state index contributed by atoms with van der Waals surface area (Å²) in [4.78, 5) is 10.6. The molecule has 3 nitrogen and oxygen atoms in total. The summed E-state index contributed by atoms with van der Waals surface area (Å²) in [5.41, 5.74) is 4.84. The van der Waals surface area contributed by atoms with Crippen LogP contribution in [0.5, 0.6) is 0 Å². The minimum Gasteiger partial charge on any atom is -0.481 e. The van der Waals surface area contributed by atoms with Crippen molar-refractivity contribution in [3.63, 3.8) is 0 Å². The maximum atomic E-state index is 10.6. The van der Waals surface area contributed by atoms with E-state index < -0.39 is 5.97 Å². The lowest BCUT2D eigenvalue weighted by atomic mass is 10.1. The van der Waals surface area contributed by atoms with Gasteiger partial charge in [-0.3, -0.25) is 4.79 Å². The molecule has 1 heterocycles. The first-order valence-corrected chi connectivity index (χ1v) is 5.77. The Morgan fingerprint density at radius 3 is 2.71 bits per heavy atom. The number of benzene rings is 1. The number of aliphatic carboxylic acids is 1. The standard InChI is InChI=1S/C14H17NO2/c1-9-10(2)15(3)13-6-4-11(8-12(9)13)5-7-14(16)17/h4,6,8H,5,7H2,1-3H3,(H,16,17). The number of carbonyl (C=O) groups is 1. The van der Waals surface area contributed by atoms with Crippen LogP contribution in [0, 0.1) is 13.8 Å². The number of aryl methyl sites for hydroxylation is 3. The average Bonchev–Trinajstić information content (AvgIpc) is 2.52. The zero-order valence-electron chi connectivity index (χ0n) is 10.4. The topological polar surface area (TPSA) is 42.2 Å². The lowest BCUT2D eigenvalue weighted by molar-refractivity contribution is -0.136. The summed E-state index contributed by atoms with van der Waals surface area (Å²) >= 11 is 0. The second-order valence-corrected chi connectivity index (χ2v) is 4.51. The molecule has 0 saturated carbocycles. The molecule has 0 bridgehead atoms. The van der Waals surface area contributed by atoms with E-state index in [4.69, 9.17) is 5.11 Å². The van der Waals surface area contributed by atoms with Crippen LogP contribution in [0.3, 0.4) is 0 Å². The van der Waals surface area contributed by atoms with Crippen LogP contribution in [0.25, 0.3) is 10.9 Å². The third-order valence-electron chi connectivity index (χ3n) is 3.50. The Morgan fingerprint density at radius 1 is 1.35 bits per heavy atom. The highest BCUT2D eigenvalue weighted by Crippen LogP contribution is 2.25. The van der Waals surface area contributed by atoms with Gasteiger partial charge >= 0.3 is 5.97 Å². The third-order valence-corrected chi connectivity index (χ3v) is 3.50. The molecule has 2 aromatic rings. The fourth-order valence-electron chi connectivity index (χ4n) is 2.21. The number of hydrogen-bond acceptors (Lipinski definition) is 1. The summed E-state index contributed by atoms with van der Waals surface area (Å²) in [6.45, 7) is 4.21. The van der Waals surface area contributed by atoms with Gasteiger partial charge in [-0.25, -0.2) is 0 Å². The number of carboxylic acid groups (broad SMARTS) is 1. The number of fused-ring (bicyclic) bond motifs is 1. The average molecular weight is 231 g/mol. The van der Waals surface area contributed by atoms with Crippen molar-refractivity contribution >= 4 is 16.9 Å². The molecule has 0 aliphatic heterocycles. The van der Waals surface area contributed by atoms with E-state index in [0.29, 0.717) is 6.42 Å². The highest BCUT2D eigenvalue weighted by atomic mass is 16.4. The summed E-state index contributed by atoms with van der Waals surface area (Å²) < 4.78 is 2.17. The predicted molar refractivity (Wildman–Crippen MR) is 68.3 cm³/mol. The zero-order chi connectivity index (χ0) is 12.6. The molecule has 1 aromatic heterocycles. The monoisotopic (exact) mass is 231 g/mol. The predicted octanol–water partition coefficient (Wildman–Crippen LogP) is 2.81. The van der Waals surface area contributed by atoms with Crippen LogP contribution in [0.15, 0.2) is 18.2 Å². The van der Waals surface area contributed by atoms with Gasteiger partial charge in [0.15, 0.2) is 0 Å². The van der Waals surface area contributed by atoms with Gasteiger partial charge in [-0.1, -0.05) is 6.07 Å². The lowest BCUT2D eigenvalue weighted by Gasteiger charge is -2.01. The number of nitrogens with zero attached hydrogens (tertiary/aromatic N) is 1. The second-order valence-electron chi connectivity index (χ2n) is 4.51. The molecule has 0 fully saturated rings. The molecule has 3 heteroatoms. The summed E-state index contributed by atoms with van der Waals surface area (Å²) in [6.07, 6.45) is 0.787. The summed E-state index contributed by atoms with van der Waals surface area (Å²) in [7, 11) is 2.06. The van der Waals surface area contributed by atoms with E-state index in [2.05, 4.69) is 37.6 Å². The lowest BCUT2D eigenvalue weighted by Crippen LogP contribution is -1.97. The Bertz CT molecular complexity index is 581. The van der Waals surface area contributed by atoms with Crippen molar-refractivity contribution in [2.75, 3.05) is 0 Å². The van der Waals surface area contributed by atoms with Crippen molar-refractivity contribution in [2.24, 2.45) is 7.05 Å². The van der Waals surface area contributed by atoms with Crippen molar-refractivity contribution in [2.45, 2.75) is 26.7 Å². The Labute approximate surface area is 101 Å². The third kappa shape index (κ3) is 2.05. The summed E-state index contributed by atoms with van der Waals surface area (Å²) in [5, 5.41) is 9.92. The molecule has 2 rings (SSSR count). The number of hydrogen-bond donors (Lipinski definition) is 1. The zero-order valence-corrected chi connectivity index (χ0v) is 10.4. The molecule has 1 N–H and O–H groups in total. The van der Waals surface area contributed by atoms with Gasteiger partial charge < -0.3 is 9.67 Å². The first kappa shape index (κ1) is 11.7. The van der Waals surface area contributed by atoms with Gasteiger partial charge in [0.25, 0.3) is 0 Å². The minimum atomic E-state index is -0.744. The number of carboxylic acids is 1. The Hall–Kier alpha value is -1.77. The van der Waals surface area contributed by atoms with Gasteiger partial charge in [0.1, 0.15) is 0 Å². The molecule has 17 heavy (non-hydrogen) atoms. The van der Waals surface area contributed by atoms with Crippen molar-refractivity contribution in [3.8, 4) is 0 Å². The Kier molecular flexibility index (Phi) is 2.92. The van der Waals surface area contributed by atoms with Gasteiger partial charge in [0, 0.05) is 30.1 Å². The fourth-order valence-corrected chi connectivity index (χ4v) is 2.21. The van der Waals surface area contributed by atoms with E-state index in [1.807, 2.05) is 6.07 Å². The second kappa shape index (κ2) is 4.24. The van der Waals surface area contributed by atoms with Crippen LogP contribution in [0.2, 0.25) is 0 Å². The van der Waals surface area contributed by atoms with Crippen LogP contribution in [0.1, 0.15) is 23.2 Å². The van der Waals surface area contributed by atoms with Crippen molar-refractivity contribution in [1.29, 1.82) is 0 Å². The normalized spacial score (nSPS) is 11.0. The first-order chi connectivity index (χ1) is 8.00. The molecule has 0 aliphatic carbocycles. The van der Waals surface area contributed by atoms with Crippen LogP contribution in [-0.4, -0.2) is 15.6 Å². The van der Waals surface area contributed by atoms with E-state index in [9.17, 15) is 4.79 Å². The van der Waals surface area contributed by atoms with E-state index in [1.165, 1.54) is 22.2 Å². The van der Waals surface area contributed by atoms with Crippen LogP contribution in [0.4, 0.5) is 0 Å². The molecule has 0 atom stereocenters. The highest BCUT2D eigenvalue weighted by Gasteiger charge is 2.09. The van der Waals surface area contributed by atoms with Gasteiger partial charge in [0.2, 0.25) is 0 Å². The number of aromatic nitrogens is 1. The van der Waals surface area contributed by atoms with E-state index in [1.54, 1.807) is 0 Å². The molecule has 0 saturated heterocycles. The maximum Gasteiger partial charge on any atom is 0.303 e. The molecule has 0 amide bonds. The smallest absolute Gasteiger partial charge is 0.303 e. The fraction of sp³-hybridized carbons (Fsp3) is 0.357. The molecule has 1 aromatic carbocycles. The van der Waals surface area contributed by atoms with Crippen molar-refractivity contribution in [1.82, 2.24) is 4.57 Å². The largest absolute Gasteiger partial charge is 0.481 e. The van der Waals surface area contributed by atoms with E-state index >= 15 is 0 Å². The maximum absolute atomic E-state index is 10.6. The molecule has 0 unspecified atom stereocenters. The number of rotatable bonds is 3. The Balaban J connectivity index is 2.43. The van der Waals surface area contributed by atoms with Gasteiger partial charge in [0.05, 0.1) is 0 Å². The summed E-state index contributed by atoms with van der Waals surface area (Å²) in [5.74, 6) is -0.744. The highest BCUT2D eigenvalue weighted by molar-refractivity contribution is 5.86. The van der Waals surface area contributed by atoms with Crippen LogP contribution >= 0.6 is 0 Å². The van der Waals surface area contributed by atoms with E-state index in [-0.39, 0.29) is 6.42 Å². The molecule has 0 spiro atoms.